The standard InChI is InChI=1S/C20H27N3OS/c1-22(13-19-21-16-9-3-5-11-18(16)25-19)20(24)14-23-12-6-8-15-7-2-4-10-17(15)23/h3,5,9,11,15,17H,2,4,6-8,10,12-14H2,1H3/p+1/t15-,17+/m1/s1. The smallest absolute Gasteiger partial charge is 0.277 e. The number of benzene rings is 1. The quantitative estimate of drug-likeness (QED) is 0.912. The number of para-hydroxylation sites is 1. The molecule has 1 amide bonds. The fourth-order valence-electron chi connectivity index (χ4n) is 4.69. The SMILES string of the molecule is CN(Cc1nc2ccccc2s1)C(=O)C[NH+]1CCC[C@H]2CCCC[C@@H]21. The van der Waals surface area contributed by atoms with Crippen molar-refractivity contribution in [3.8, 4) is 0 Å². The second-order valence-corrected chi connectivity index (χ2v) is 8.82. The summed E-state index contributed by atoms with van der Waals surface area (Å²) >= 11 is 1.70. The van der Waals surface area contributed by atoms with Gasteiger partial charge in [-0.3, -0.25) is 4.79 Å². The number of hydrogen-bond acceptors (Lipinski definition) is 3. The largest absolute Gasteiger partial charge is 0.334 e. The Bertz CT molecular complexity index is 708. The van der Waals surface area contributed by atoms with E-state index in [1.807, 2.05) is 30.1 Å². The lowest BCUT2D eigenvalue weighted by Crippen LogP contribution is -3.18. The lowest BCUT2D eigenvalue weighted by Gasteiger charge is -2.41. The number of quaternary nitrogens is 1. The van der Waals surface area contributed by atoms with Crippen LogP contribution in [0, 0.1) is 5.92 Å². The number of aromatic nitrogens is 1. The number of rotatable bonds is 4. The predicted molar refractivity (Wildman–Crippen MR) is 102 cm³/mol. The number of carbonyl (C=O) groups is 1. The summed E-state index contributed by atoms with van der Waals surface area (Å²) < 4.78 is 1.20. The number of nitrogens with one attached hydrogen (secondary N) is 1. The summed E-state index contributed by atoms with van der Waals surface area (Å²) in [7, 11) is 1.93. The molecule has 1 aromatic carbocycles. The van der Waals surface area contributed by atoms with E-state index in [9.17, 15) is 4.79 Å². The second kappa shape index (κ2) is 7.42. The average Bonchev–Trinajstić information content (AvgIpc) is 3.04. The first-order valence-electron chi connectivity index (χ1n) is 9.63. The van der Waals surface area contributed by atoms with Crippen LogP contribution >= 0.6 is 11.3 Å². The summed E-state index contributed by atoms with van der Waals surface area (Å²) in [6, 6.07) is 8.92. The van der Waals surface area contributed by atoms with Crippen molar-refractivity contribution in [1.29, 1.82) is 0 Å². The van der Waals surface area contributed by atoms with Gasteiger partial charge in [0.1, 0.15) is 5.01 Å². The fraction of sp³-hybridized carbons (Fsp3) is 0.600. The summed E-state index contributed by atoms with van der Waals surface area (Å²) in [6.45, 7) is 2.45. The van der Waals surface area contributed by atoms with Crippen LogP contribution in [0.4, 0.5) is 0 Å². The number of nitrogens with zero attached hydrogens (tertiary/aromatic N) is 2. The fourth-order valence-corrected chi connectivity index (χ4v) is 5.72. The lowest BCUT2D eigenvalue weighted by molar-refractivity contribution is -0.929. The molecule has 2 fully saturated rings. The van der Waals surface area contributed by atoms with Gasteiger partial charge in [0.05, 0.1) is 29.3 Å². The minimum absolute atomic E-state index is 0.264. The van der Waals surface area contributed by atoms with E-state index >= 15 is 0 Å². The van der Waals surface area contributed by atoms with Crippen molar-refractivity contribution >= 4 is 27.5 Å². The van der Waals surface area contributed by atoms with Crippen LogP contribution in [0.2, 0.25) is 0 Å². The van der Waals surface area contributed by atoms with Crippen molar-refractivity contribution in [2.45, 2.75) is 51.1 Å². The molecule has 1 unspecified atom stereocenters. The van der Waals surface area contributed by atoms with Crippen LogP contribution in [0.25, 0.3) is 10.2 Å². The zero-order valence-electron chi connectivity index (χ0n) is 15.0. The number of thiazole rings is 1. The molecular formula is C20H28N3OS+. The Kier molecular flexibility index (Phi) is 5.04. The highest BCUT2D eigenvalue weighted by Gasteiger charge is 2.37. The van der Waals surface area contributed by atoms with Gasteiger partial charge in [-0.2, -0.15) is 0 Å². The van der Waals surface area contributed by atoms with Gasteiger partial charge in [-0.25, -0.2) is 4.98 Å². The normalized spacial score (nSPS) is 26.4. The summed E-state index contributed by atoms with van der Waals surface area (Å²) in [6.07, 6.45) is 8.09. The Morgan fingerprint density at radius 3 is 2.92 bits per heavy atom. The maximum absolute atomic E-state index is 12.8. The monoisotopic (exact) mass is 358 g/mol. The number of hydrogen-bond donors (Lipinski definition) is 1. The third kappa shape index (κ3) is 3.72. The number of likely N-dealkylation sites (N-methyl/N-ethyl adjacent to an activating group) is 1. The Labute approximate surface area is 153 Å². The molecule has 3 atom stereocenters. The molecule has 1 aromatic heterocycles. The summed E-state index contributed by atoms with van der Waals surface area (Å²) in [5.41, 5.74) is 1.04. The zero-order chi connectivity index (χ0) is 17.2. The van der Waals surface area contributed by atoms with Gasteiger partial charge in [0.15, 0.2) is 6.54 Å². The van der Waals surface area contributed by atoms with Crippen molar-refractivity contribution < 1.29 is 9.69 Å². The van der Waals surface area contributed by atoms with Crippen LogP contribution in [0.5, 0.6) is 0 Å². The number of likely N-dealkylation sites (tertiary alicyclic amines) is 1. The molecule has 1 aliphatic carbocycles. The van der Waals surface area contributed by atoms with Crippen LogP contribution in [0.1, 0.15) is 43.5 Å². The van der Waals surface area contributed by atoms with E-state index in [4.69, 9.17) is 0 Å². The third-order valence-corrected chi connectivity index (χ3v) is 7.04. The van der Waals surface area contributed by atoms with Gasteiger partial charge in [0, 0.05) is 13.0 Å². The molecule has 0 radical (unpaired) electrons. The van der Waals surface area contributed by atoms with Crippen LogP contribution < -0.4 is 4.90 Å². The summed E-state index contributed by atoms with van der Waals surface area (Å²) in [5, 5.41) is 1.03. The van der Waals surface area contributed by atoms with Crippen molar-refractivity contribution in [1.82, 2.24) is 9.88 Å². The van der Waals surface area contributed by atoms with E-state index in [-0.39, 0.29) is 5.91 Å². The molecule has 25 heavy (non-hydrogen) atoms. The first-order valence-corrected chi connectivity index (χ1v) is 10.5. The highest BCUT2D eigenvalue weighted by atomic mass is 32.1. The van der Waals surface area contributed by atoms with Crippen LogP contribution in [-0.2, 0) is 11.3 Å². The van der Waals surface area contributed by atoms with Crippen LogP contribution in [0.15, 0.2) is 24.3 Å². The van der Waals surface area contributed by atoms with Crippen molar-refractivity contribution in [3.63, 3.8) is 0 Å². The first kappa shape index (κ1) is 17.0. The number of fused-ring (bicyclic) bond motifs is 2. The predicted octanol–water partition coefficient (Wildman–Crippen LogP) is 2.49. The molecule has 0 bridgehead atoms. The van der Waals surface area contributed by atoms with E-state index < -0.39 is 0 Å². The molecule has 1 saturated heterocycles. The van der Waals surface area contributed by atoms with Crippen LogP contribution in [-0.4, -0.2) is 42.0 Å². The molecule has 4 rings (SSSR count). The van der Waals surface area contributed by atoms with E-state index in [1.54, 1.807) is 11.3 Å². The van der Waals surface area contributed by atoms with Crippen molar-refractivity contribution in [3.05, 3.63) is 29.3 Å². The molecule has 2 aromatic rings. The van der Waals surface area contributed by atoms with Gasteiger partial charge in [0.2, 0.25) is 0 Å². The van der Waals surface area contributed by atoms with Crippen molar-refractivity contribution in [2.24, 2.45) is 5.92 Å². The molecule has 2 aliphatic rings. The number of carbonyl (C=O) groups excluding carboxylic acids is 1. The van der Waals surface area contributed by atoms with Crippen molar-refractivity contribution in [2.75, 3.05) is 20.1 Å². The number of amides is 1. The molecule has 134 valence electrons. The average molecular weight is 359 g/mol. The van der Waals surface area contributed by atoms with E-state index in [1.165, 1.54) is 54.7 Å². The minimum atomic E-state index is 0.264. The van der Waals surface area contributed by atoms with Gasteiger partial charge in [0.25, 0.3) is 5.91 Å². The van der Waals surface area contributed by atoms with E-state index in [2.05, 4.69) is 11.1 Å². The third-order valence-electron chi connectivity index (χ3n) is 6.02. The topological polar surface area (TPSA) is 37.6 Å². The summed E-state index contributed by atoms with van der Waals surface area (Å²) in [5.74, 6) is 1.13. The Morgan fingerprint density at radius 2 is 2.04 bits per heavy atom. The molecule has 1 saturated carbocycles. The molecule has 5 heteroatoms. The van der Waals surface area contributed by atoms with Gasteiger partial charge in [-0.1, -0.05) is 18.6 Å². The zero-order valence-corrected chi connectivity index (χ0v) is 15.9. The Balaban J connectivity index is 1.38. The first-order chi connectivity index (χ1) is 12.2. The maximum atomic E-state index is 12.8. The molecule has 1 aliphatic heterocycles. The molecule has 4 nitrogen and oxygen atoms in total. The number of piperidine rings is 1. The maximum Gasteiger partial charge on any atom is 0.277 e. The van der Waals surface area contributed by atoms with Crippen LogP contribution in [0.3, 0.4) is 0 Å². The van der Waals surface area contributed by atoms with Gasteiger partial charge in [-0.05, 0) is 44.2 Å². The molecular weight excluding hydrogens is 330 g/mol. The minimum Gasteiger partial charge on any atom is -0.334 e. The Morgan fingerprint density at radius 1 is 1.24 bits per heavy atom. The molecule has 1 N–H and O–H groups in total. The van der Waals surface area contributed by atoms with Gasteiger partial charge in [-0.15, -0.1) is 11.3 Å². The van der Waals surface area contributed by atoms with Gasteiger partial charge < -0.3 is 9.80 Å². The van der Waals surface area contributed by atoms with E-state index in [0.29, 0.717) is 13.1 Å². The highest BCUT2D eigenvalue weighted by molar-refractivity contribution is 7.18. The second-order valence-electron chi connectivity index (χ2n) is 7.70. The lowest BCUT2D eigenvalue weighted by atomic mass is 9.78. The molecule has 2 heterocycles. The van der Waals surface area contributed by atoms with E-state index in [0.717, 1.165) is 22.5 Å². The van der Waals surface area contributed by atoms with Gasteiger partial charge >= 0.3 is 0 Å². The molecule has 0 spiro atoms. The summed E-state index contributed by atoms with van der Waals surface area (Å²) in [4.78, 5) is 20.9. The Hall–Kier alpha value is -1.46. The highest BCUT2D eigenvalue weighted by Crippen LogP contribution is 2.28.